The Labute approximate surface area is 161 Å². The quantitative estimate of drug-likeness (QED) is 0.674. The molecule has 1 aliphatic carbocycles. The standard InChI is InChI=1S/C19H20ClN5O2/c1-12-21-16(26-23-12)11-25-7-5-19(6-8-25)10-15(19)18-22-17(24-27-18)13-3-2-4-14(20)9-13/h2-4,9,15H,5-8,10-11H2,1H3/t15-/m0/s1. The topological polar surface area (TPSA) is 81.1 Å². The van der Waals surface area contributed by atoms with Crippen LogP contribution in [0.1, 0.15) is 42.8 Å². The first-order valence-corrected chi connectivity index (χ1v) is 9.60. The van der Waals surface area contributed by atoms with Crippen molar-refractivity contribution in [2.45, 2.75) is 38.6 Å². The van der Waals surface area contributed by atoms with Crippen LogP contribution in [0.15, 0.2) is 33.3 Å². The molecule has 3 aromatic rings. The van der Waals surface area contributed by atoms with Gasteiger partial charge in [-0.1, -0.05) is 34.0 Å². The second-order valence-corrected chi connectivity index (χ2v) is 8.03. The summed E-state index contributed by atoms with van der Waals surface area (Å²) in [7, 11) is 0. The summed E-state index contributed by atoms with van der Waals surface area (Å²) in [6.45, 7) is 4.61. The van der Waals surface area contributed by atoms with Crippen LogP contribution in [0.3, 0.4) is 0 Å². The maximum atomic E-state index is 6.06. The van der Waals surface area contributed by atoms with Gasteiger partial charge in [-0.25, -0.2) is 0 Å². The molecule has 27 heavy (non-hydrogen) atoms. The number of rotatable bonds is 4. The van der Waals surface area contributed by atoms with Crippen molar-refractivity contribution in [3.05, 3.63) is 46.9 Å². The number of halogens is 1. The lowest BCUT2D eigenvalue weighted by molar-refractivity contribution is 0.144. The molecule has 1 atom stereocenters. The Kier molecular flexibility index (Phi) is 4.02. The average molecular weight is 386 g/mol. The summed E-state index contributed by atoms with van der Waals surface area (Å²) in [4.78, 5) is 11.3. The SMILES string of the molecule is Cc1noc(CN2CCC3(CC2)C[C@H]3c2nc(-c3cccc(Cl)c3)no2)n1. The fourth-order valence-corrected chi connectivity index (χ4v) is 4.31. The summed E-state index contributed by atoms with van der Waals surface area (Å²) in [6.07, 6.45) is 3.37. The summed E-state index contributed by atoms with van der Waals surface area (Å²) in [6, 6.07) is 7.54. The van der Waals surface area contributed by atoms with Gasteiger partial charge in [-0.05, 0) is 56.8 Å². The summed E-state index contributed by atoms with van der Waals surface area (Å²) in [5.74, 6) is 3.11. The fourth-order valence-electron chi connectivity index (χ4n) is 4.12. The van der Waals surface area contributed by atoms with E-state index in [2.05, 4.69) is 25.2 Å². The van der Waals surface area contributed by atoms with Gasteiger partial charge in [0.05, 0.1) is 6.54 Å². The molecule has 0 bridgehead atoms. The molecule has 5 rings (SSSR count). The van der Waals surface area contributed by atoms with E-state index in [1.807, 2.05) is 31.2 Å². The third-order valence-corrected chi connectivity index (χ3v) is 6.03. The van der Waals surface area contributed by atoms with E-state index in [0.29, 0.717) is 33.9 Å². The maximum Gasteiger partial charge on any atom is 0.240 e. The van der Waals surface area contributed by atoms with Crippen molar-refractivity contribution < 1.29 is 9.05 Å². The molecule has 1 saturated heterocycles. The van der Waals surface area contributed by atoms with Crippen LogP contribution < -0.4 is 0 Å². The number of piperidine rings is 1. The first kappa shape index (κ1) is 16.9. The lowest BCUT2D eigenvalue weighted by Crippen LogP contribution is -2.34. The zero-order chi connectivity index (χ0) is 18.4. The van der Waals surface area contributed by atoms with E-state index in [-0.39, 0.29) is 0 Å². The predicted octanol–water partition coefficient (Wildman–Crippen LogP) is 3.85. The average Bonchev–Trinajstić information content (AvgIpc) is 2.99. The molecular weight excluding hydrogens is 366 g/mol. The molecule has 1 aromatic carbocycles. The van der Waals surface area contributed by atoms with E-state index in [1.165, 1.54) is 0 Å². The molecule has 2 fully saturated rings. The smallest absolute Gasteiger partial charge is 0.240 e. The fraction of sp³-hybridized carbons (Fsp3) is 0.474. The normalized spacial score (nSPS) is 21.6. The van der Waals surface area contributed by atoms with Crippen LogP contribution in [0, 0.1) is 12.3 Å². The largest absolute Gasteiger partial charge is 0.339 e. The molecular formula is C19H20ClN5O2. The number of nitrogens with zero attached hydrogens (tertiary/aromatic N) is 5. The molecule has 8 heteroatoms. The lowest BCUT2D eigenvalue weighted by atomic mass is 9.91. The van der Waals surface area contributed by atoms with Gasteiger partial charge >= 0.3 is 0 Å². The van der Waals surface area contributed by atoms with Gasteiger partial charge in [0.15, 0.2) is 5.82 Å². The molecule has 140 valence electrons. The number of aryl methyl sites for hydroxylation is 1. The first-order chi connectivity index (χ1) is 13.1. The van der Waals surface area contributed by atoms with Gasteiger partial charge < -0.3 is 9.05 Å². The Bertz CT molecular complexity index is 960. The van der Waals surface area contributed by atoms with Gasteiger partial charge in [-0.15, -0.1) is 0 Å². The molecule has 0 N–H and O–H groups in total. The predicted molar refractivity (Wildman–Crippen MR) is 98.1 cm³/mol. The van der Waals surface area contributed by atoms with E-state index in [1.54, 1.807) is 0 Å². The highest BCUT2D eigenvalue weighted by molar-refractivity contribution is 6.30. The van der Waals surface area contributed by atoms with Crippen molar-refractivity contribution in [1.29, 1.82) is 0 Å². The molecule has 1 saturated carbocycles. The van der Waals surface area contributed by atoms with Crippen molar-refractivity contribution in [3.63, 3.8) is 0 Å². The van der Waals surface area contributed by atoms with E-state index in [4.69, 9.17) is 20.6 Å². The molecule has 0 unspecified atom stereocenters. The number of hydrogen-bond acceptors (Lipinski definition) is 7. The monoisotopic (exact) mass is 385 g/mol. The minimum Gasteiger partial charge on any atom is -0.339 e. The van der Waals surface area contributed by atoms with Crippen LogP contribution in [-0.4, -0.2) is 38.3 Å². The second kappa shape index (κ2) is 6.42. The van der Waals surface area contributed by atoms with Gasteiger partial charge in [0.2, 0.25) is 17.6 Å². The molecule has 0 radical (unpaired) electrons. The van der Waals surface area contributed by atoms with Gasteiger partial charge in [0, 0.05) is 16.5 Å². The number of aromatic nitrogens is 4. The van der Waals surface area contributed by atoms with Crippen LogP contribution in [0.4, 0.5) is 0 Å². The summed E-state index contributed by atoms with van der Waals surface area (Å²) in [5, 5.41) is 8.69. The molecule has 2 aromatic heterocycles. The van der Waals surface area contributed by atoms with Gasteiger partial charge in [-0.2, -0.15) is 9.97 Å². The van der Waals surface area contributed by atoms with Crippen LogP contribution in [0.2, 0.25) is 5.02 Å². The van der Waals surface area contributed by atoms with E-state index >= 15 is 0 Å². The Balaban J connectivity index is 1.22. The van der Waals surface area contributed by atoms with Crippen LogP contribution in [-0.2, 0) is 6.54 Å². The van der Waals surface area contributed by atoms with Crippen molar-refractivity contribution in [3.8, 4) is 11.4 Å². The van der Waals surface area contributed by atoms with E-state index in [9.17, 15) is 0 Å². The highest BCUT2D eigenvalue weighted by atomic mass is 35.5. The van der Waals surface area contributed by atoms with E-state index in [0.717, 1.165) is 50.4 Å². The number of hydrogen-bond donors (Lipinski definition) is 0. The lowest BCUT2D eigenvalue weighted by Gasteiger charge is -2.31. The van der Waals surface area contributed by atoms with Gasteiger partial charge in [0.25, 0.3) is 0 Å². The Morgan fingerprint density at radius 2 is 2.04 bits per heavy atom. The van der Waals surface area contributed by atoms with Crippen molar-refractivity contribution >= 4 is 11.6 Å². The Hall–Kier alpha value is -2.25. The maximum absolute atomic E-state index is 6.06. The highest BCUT2D eigenvalue weighted by Gasteiger charge is 2.58. The first-order valence-electron chi connectivity index (χ1n) is 9.22. The third kappa shape index (κ3) is 3.26. The second-order valence-electron chi connectivity index (χ2n) is 7.60. The number of likely N-dealkylation sites (tertiary alicyclic amines) is 1. The summed E-state index contributed by atoms with van der Waals surface area (Å²) in [5.41, 5.74) is 1.19. The van der Waals surface area contributed by atoms with Crippen molar-refractivity contribution in [2.75, 3.05) is 13.1 Å². The zero-order valence-corrected chi connectivity index (χ0v) is 15.8. The zero-order valence-electron chi connectivity index (χ0n) is 15.1. The van der Waals surface area contributed by atoms with Crippen LogP contribution >= 0.6 is 11.6 Å². The minimum absolute atomic E-state index is 0.305. The van der Waals surface area contributed by atoms with Crippen molar-refractivity contribution in [2.24, 2.45) is 5.41 Å². The van der Waals surface area contributed by atoms with Crippen molar-refractivity contribution in [1.82, 2.24) is 25.2 Å². The Morgan fingerprint density at radius 3 is 2.78 bits per heavy atom. The molecule has 1 spiro atoms. The molecule has 1 aliphatic heterocycles. The Morgan fingerprint density at radius 1 is 1.19 bits per heavy atom. The minimum atomic E-state index is 0.305. The van der Waals surface area contributed by atoms with Gasteiger partial charge in [0.1, 0.15) is 0 Å². The summed E-state index contributed by atoms with van der Waals surface area (Å²) < 4.78 is 10.8. The molecule has 3 heterocycles. The number of benzene rings is 1. The van der Waals surface area contributed by atoms with Gasteiger partial charge in [-0.3, -0.25) is 4.90 Å². The van der Waals surface area contributed by atoms with E-state index < -0.39 is 0 Å². The third-order valence-electron chi connectivity index (χ3n) is 5.79. The summed E-state index contributed by atoms with van der Waals surface area (Å²) >= 11 is 6.06. The highest BCUT2D eigenvalue weighted by Crippen LogP contribution is 2.64. The molecule has 2 aliphatic rings. The van der Waals surface area contributed by atoms with Crippen LogP contribution in [0.25, 0.3) is 11.4 Å². The molecule has 0 amide bonds. The van der Waals surface area contributed by atoms with Crippen LogP contribution in [0.5, 0.6) is 0 Å². The molecule has 7 nitrogen and oxygen atoms in total.